The Bertz CT molecular complexity index is 319. The van der Waals surface area contributed by atoms with Gasteiger partial charge >= 0.3 is 0 Å². The average molecular weight is 323 g/mol. The van der Waals surface area contributed by atoms with E-state index in [1.54, 1.807) is 0 Å². The topological polar surface area (TPSA) is 18.5 Å². The highest BCUT2D eigenvalue weighted by atomic mass is 16.5. The van der Waals surface area contributed by atoms with Crippen LogP contribution in [0.3, 0.4) is 0 Å². The molecule has 0 bridgehead atoms. The van der Waals surface area contributed by atoms with Crippen LogP contribution in [0.1, 0.15) is 84.0 Å². The van der Waals surface area contributed by atoms with Crippen LogP contribution in [0.25, 0.3) is 0 Å². The highest BCUT2D eigenvalue weighted by Gasteiger charge is 2.30. The van der Waals surface area contributed by atoms with Gasteiger partial charge in [-0.3, -0.25) is 0 Å². The summed E-state index contributed by atoms with van der Waals surface area (Å²) in [5.41, 5.74) is 0. The molecule has 0 aromatic heterocycles. The van der Waals surface area contributed by atoms with Crippen LogP contribution in [0.2, 0.25) is 0 Å². The summed E-state index contributed by atoms with van der Waals surface area (Å²) >= 11 is 0. The molecule has 3 fully saturated rings. The lowest BCUT2D eigenvalue weighted by molar-refractivity contribution is -0.0299. The minimum absolute atomic E-state index is 0.510. The Labute approximate surface area is 143 Å². The normalized spacial score (nSPS) is 42.5. The summed E-state index contributed by atoms with van der Waals surface area (Å²) < 4.78 is 11.4. The first-order chi connectivity index (χ1) is 11.2. The van der Waals surface area contributed by atoms with Gasteiger partial charge in [-0.2, -0.15) is 0 Å². The Balaban J connectivity index is 1.30. The molecule has 23 heavy (non-hydrogen) atoms. The summed E-state index contributed by atoms with van der Waals surface area (Å²) in [4.78, 5) is 0. The van der Waals surface area contributed by atoms with Crippen molar-refractivity contribution in [1.82, 2.24) is 0 Å². The van der Waals surface area contributed by atoms with Crippen molar-refractivity contribution >= 4 is 0 Å². The number of hydrogen-bond acceptors (Lipinski definition) is 2. The van der Waals surface area contributed by atoms with Crippen molar-refractivity contribution in [3.8, 4) is 0 Å². The van der Waals surface area contributed by atoms with E-state index in [4.69, 9.17) is 9.47 Å². The average Bonchev–Trinajstić information content (AvgIpc) is 2.61. The van der Waals surface area contributed by atoms with Crippen LogP contribution in [0.5, 0.6) is 0 Å². The molecule has 0 amide bonds. The van der Waals surface area contributed by atoms with Crippen LogP contribution in [-0.4, -0.2) is 25.9 Å². The van der Waals surface area contributed by atoms with Crippen molar-refractivity contribution in [2.24, 2.45) is 23.7 Å². The van der Waals surface area contributed by atoms with Gasteiger partial charge in [-0.15, -0.1) is 0 Å². The minimum atomic E-state index is 0.510. The van der Waals surface area contributed by atoms with Crippen LogP contribution < -0.4 is 0 Å². The third-order valence-corrected chi connectivity index (χ3v) is 7.21. The molecule has 0 spiro atoms. The van der Waals surface area contributed by atoms with Gasteiger partial charge in [-0.25, -0.2) is 0 Å². The third-order valence-electron chi connectivity index (χ3n) is 7.21. The van der Waals surface area contributed by atoms with E-state index in [1.807, 2.05) is 7.11 Å². The molecule has 2 atom stereocenters. The Kier molecular flexibility index (Phi) is 6.83. The zero-order chi connectivity index (χ0) is 16.1. The number of ether oxygens (including phenoxy) is 2. The van der Waals surface area contributed by atoms with Crippen molar-refractivity contribution in [2.45, 2.75) is 96.2 Å². The molecule has 1 heterocycles. The molecule has 0 radical (unpaired) electrons. The van der Waals surface area contributed by atoms with Crippen LogP contribution in [0.4, 0.5) is 0 Å². The van der Waals surface area contributed by atoms with Gasteiger partial charge in [0.05, 0.1) is 18.8 Å². The zero-order valence-electron chi connectivity index (χ0n) is 15.5. The first kappa shape index (κ1) is 17.7. The first-order valence-corrected chi connectivity index (χ1v) is 10.4. The second kappa shape index (κ2) is 8.85. The van der Waals surface area contributed by atoms with E-state index in [2.05, 4.69) is 6.92 Å². The maximum atomic E-state index is 5.90. The van der Waals surface area contributed by atoms with E-state index >= 15 is 0 Å². The van der Waals surface area contributed by atoms with Gasteiger partial charge in [-0.05, 0) is 82.0 Å². The van der Waals surface area contributed by atoms with E-state index in [0.717, 1.165) is 30.3 Å². The molecule has 0 aromatic carbocycles. The molecule has 2 heteroatoms. The van der Waals surface area contributed by atoms with Gasteiger partial charge < -0.3 is 9.47 Å². The summed E-state index contributed by atoms with van der Waals surface area (Å²) in [6.07, 6.45) is 18.1. The maximum absolute atomic E-state index is 5.90. The predicted molar refractivity (Wildman–Crippen MR) is 95.6 cm³/mol. The highest BCUT2D eigenvalue weighted by Crippen LogP contribution is 2.40. The second-order valence-electron chi connectivity index (χ2n) is 8.72. The van der Waals surface area contributed by atoms with Crippen molar-refractivity contribution in [1.29, 1.82) is 0 Å². The Morgan fingerprint density at radius 3 is 1.83 bits per heavy atom. The Hall–Kier alpha value is -0.0800. The van der Waals surface area contributed by atoms with Gasteiger partial charge in [-0.1, -0.05) is 25.7 Å². The van der Waals surface area contributed by atoms with Gasteiger partial charge in [0, 0.05) is 7.11 Å². The van der Waals surface area contributed by atoms with Crippen LogP contribution in [0, 0.1) is 23.7 Å². The van der Waals surface area contributed by atoms with E-state index in [9.17, 15) is 0 Å². The van der Waals surface area contributed by atoms with Gasteiger partial charge in [0.25, 0.3) is 0 Å². The molecule has 2 aliphatic carbocycles. The lowest BCUT2D eigenvalue weighted by atomic mass is 9.72. The molecule has 2 nitrogen and oxygen atoms in total. The van der Waals surface area contributed by atoms with Gasteiger partial charge in [0.2, 0.25) is 0 Å². The smallest absolute Gasteiger partial charge is 0.0571 e. The fourth-order valence-electron chi connectivity index (χ4n) is 5.35. The highest BCUT2D eigenvalue weighted by molar-refractivity contribution is 4.81. The van der Waals surface area contributed by atoms with Crippen LogP contribution >= 0.6 is 0 Å². The zero-order valence-corrected chi connectivity index (χ0v) is 15.5. The standard InChI is InChI=1S/C21H38O2/c1-16-3-10-20(15-23-16)19-11-6-17(7-12-19)4-5-18-8-13-21(22-2)14-9-18/h16-21H,3-15H2,1-2H3. The minimum Gasteiger partial charge on any atom is -0.381 e. The van der Waals surface area contributed by atoms with E-state index < -0.39 is 0 Å². The first-order valence-electron chi connectivity index (χ1n) is 10.4. The van der Waals surface area contributed by atoms with E-state index in [1.165, 1.54) is 77.0 Å². The summed E-state index contributed by atoms with van der Waals surface area (Å²) in [5.74, 6) is 3.86. The van der Waals surface area contributed by atoms with Crippen molar-refractivity contribution in [2.75, 3.05) is 13.7 Å². The quantitative estimate of drug-likeness (QED) is 0.656. The van der Waals surface area contributed by atoms with Crippen LogP contribution in [0.15, 0.2) is 0 Å². The number of hydrogen-bond donors (Lipinski definition) is 0. The summed E-state index contributed by atoms with van der Waals surface area (Å²) in [6, 6.07) is 0. The molecule has 3 rings (SSSR count). The number of methoxy groups -OCH3 is 1. The third kappa shape index (κ3) is 5.19. The molecule has 2 unspecified atom stereocenters. The summed E-state index contributed by atoms with van der Waals surface area (Å²) in [5, 5.41) is 0. The van der Waals surface area contributed by atoms with Crippen molar-refractivity contribution in [3.05, 3.63) is 0 Å². The van der Waals surface area contributed by atoms with Crippen molar-refractivity contribution in [3.63, 3.8) is 0 Å². The van der Waals surface area contributed by atoms with E-state index in [-0.39, 0.29) is 0 Å². The Morgan fingerprint density at radius 1 is 0.739 bits per heavy atom. The lowest BCUT2D eigenvalue weighted by Gasteiger charge is -2.37. The lowest BCUT2D eigenvalue weighted by Crippen LogP contribution is -2.31. The predicted octanol–water partition coefficient (Wildman–Crippen LogP) is 5.59. The molecule has 0 aromatic rings. The monoisotopic (exact) mass is 322 g/mol. The molecule has 1 saturated heterocycles. The fourth-order valence-corrected chi connectivity index (χ4v) is 5.35. The maximum Gasteiger partial charge on any atom is 0.0571 e. The van der Waals surface area contributed by atoms with Gasteiger partial charge in [0.15, 0.2) is 0 Å². The van der Waals surface area contributed by atoms with Gasteiger partial charge in [0.1, 0.15) is 0 Å². The SMILES string of the molecule is COC1CCC(CCC2CCC(C3CCC(C)OC3)CC2)CC1. The fraction of sp³-hybridized carbons (Fsp3) is 1.00. The molecule has 3 aliphatic rings. The molecule has 134 valence electrons. The number of rotatable bonds is 5. The summed E-state index contributed by atoms with van der Waals surface area (Å²) in [6.45, 7) is 3.27. The largest absolute Gasteiger partial charge is 0.381 e. The Morgan fingerprint density at radius 2 is 1.30 bits per heavy atom. The molecule has 2 saturated carbocycles. The molecular formula is C21H38O2. The van der Waals surface area contributed by atoms with Crippen LogP contribution in [-0.2, 0) is 9.47 Å². The van der Waals surface area contributed by atoms with Crippen molar-refractivity contribution < 1.29 is 9.47 Å². The molecule has 0 N–H and O–H groups in total. The molecule has 1 aliphatic heterocycles. The van der Waals surface area contributed by atoms with E-state index in [0.29, 0.717) is 12.2 Å². The molecular weight excluding hydrogens is 284 g/mol. The summed E-state index contributed by atoms with van der Waals surface area (Å²) in [7, 11) is 1.88. The second-order valence-corrected chi connectivity index (χ2v) is 8.72.